The van der Waals surface area contributed by atoms with Crippen LogP contribution in [0, 0.1) is 0 Å². The molecule has 0 bridgehead atoms. The number of quaternary nitrogens is 1. The zero-order valence-corrected chi connectivity index (χ0v) is 16.2. The minimum atomic E-state index is -0.527. The molecule has 0 aliphatic carbocycles. The van der Waals surface area contributed by atoms with Crippen molar-refractivity contribution in [3.05, 3.63) is 65.7 Å². The Hall–Kier alpha value is -2.79. The standard InChI is InChI=1S/C23H25N3O2/c1-2-25-14-8-11-18(25)15-24-16-21-19-12-6-7-13-20(19)22(27)26(23(21)28)17-9-4-3-5-10-17/h3-7,9-10,12-13,16,18,21H,2,8,11,14-15H2,1H3/p+1/t18-,21?/m0/s1. The number of nitrogens with one attached hydrogen (secondary N) is 1. The smallest absolute Gasteiger partial charge is 0.265 e. The molecule has 1 fully saturated rings. The van der Waals surface area contributed by atoms with Crippen LogP contribution in [0.5, 0.6) is 0 Å². The van der Waals surface area contributed by atoms with Gasteiger partial charge >= 0.3 is 0 Å². The van der Waals surface area contributed by atoms with Crippen molar-refractivity contribution in [1.82, 2.24) is 0 Å². The number of hydrogen-bond acceptors (Lipinski definition) is 3. The average Bonchev–Trinajstić information content (AvgIpc) is 3.19. The molecule has 0 aromatic heterocycles. The summed E-state index contributed by atoms with van der Waals surface area (Å²) in [5.41, 5.74) is 1.92. The van der Waals surface area contributed by atoms with Crippen molar-refractivity contribution in [3.63, 3.8) is 0 Å². The van der Waals surface area contributed by atoms with Gasteiger partial charge in [-0.15, -0.1) is 0 Å². The summed E-state index contributed by atoms with van der Waals surface area (Å²) in [6, 6.07) is 17.0. The van der Waals surface area contributed by atoms with Crippen LogP contribution >= 0.6 is 0 Å². The maximum absolute atomic E-state index is 13.3. The first-order valence-corrected chi connectivity index (χ1v) is 10.1. The Bertz CT molecular complexity index is 894. The van der Waals surface area contributed by atoms with E-state index in [1.54, 1.807) is 29.3 Å². The highest BCUT2D eigenvalue weighted by molar-refractivity contribution is 6.29. The van der Waals surface area contributed by atoms with E-state index in [2.05, 4.69) is 11.9 Å². The molecule has 5 heteroatoms. The van der Waals surface area contributed by atoms with E-state index in [1.165, 1.54) is 24.3 Å². The lowest BCUT2D eigenvalue weighted by molar-refractivity contribution is -0.908. The molecule has 2 aliphatic heterocycles. The number of rotatable bonds is 5. The van der Waals surface area contributed by atoms with Crippen molar-refractivity contribution < 1.29 is 14.5 Å². The third kappa shape index (κ3) is 3.38. The van der Waals surface area contributed by atoms with Gasteiger partial charge in [-0.3, -0.25) is 14.6 Å². The number of likely N-dealkylation sites (tertiary alicyclic amines) is 1. The Labute approximate surface area is 165 Å². The van der Waals surface area contributed by atoms with Crippen LogP contribution in [0.3, 0.4) is 0 Å². The number of para-hydroxylation sites is 1. The SMILES string of the molecule is CC[NH+]1CCC[C@H]1CN=CC1C(=O)N(c2ccccc2)C(=O)c2ccccc21. The van der Waals surface area contributed by atoms with Gasteiger partial charge in [-0.2, -0.15) is 0 Å². The first-order chi connectivity index (χ1) is 13.7. The van der Waals surface area contributed by atoms with Crippen LogP contribution < -0.4 is 9.80 Å². The van der Waals surface area contributed by atoms with Crippen molar-refractivity contribution in [2.45, 2.75) is 31.7 Å². The minimum Gasteiger partial charge on any atom is -0.331 e. The predicted molar refractivity (Wildman–Crippen MR) is 110 cm³/mol. The Kier molecular flexibility index (Phi) is 5.35. The van der Waals surface area contributed by atoms with Gasteiger partial charge in [-0.25, -0.2) is 4.90 Å². The van der Waals surface area contributed by atoms with Crippen LogP contribution in [-0.4, -0.2) is 43.7 Å². The monoisotopic (exact) mass is 376 g/mol. The molecule has 3 atom stereocenters. The summed E-state index contributed by atoms with van der Waals surface area (Å²) in [4.78, 5) is 33.8. The predicted octanol–water partition coefficient (Wildman–Crippen LogP) is 2.10. The molecular weight excluding hydrogens is 350 g/mol. The van der Waals surface area contributed by atoms with Gasteiger partial charge in [-0.1, -0.05) is 36.4 Å². The number of fused-ring (bicyclic) bond motifs is 1. The number of aliphatic imine (C=N–C) groups is 1. The van der Waals surface area contributed by atoms with Gasteiger partial charge in [0, 0.05) is 24.6 Å². The van der Waals surface area contributed by atoms with Gasteiger partial charge in [0.2, 0.25) is 5.91 Å². The first-order valence-electron chi connectivity index (χ1n) is 10.1. The van der Waals surface area contributed by atoms with Crippen molar-refractivity contribution >= 4 is 23.7 Å². The third-order valence-corrected chi connectivity index (χ3v) is 5.89. The molecule has 144 valence electrons. The number of anilines is 1. The molecule has 2 aromatic rings. The lowest BCUT2D eigenvalue weighted by atomic mass is 9.89. The van der Waals surface area contributed by atoms with Crippen LogP contribution in [-0.2, 0) is 4.79 Å². The highest BCUT2D eigenvalue weighted by atomic mass is 16.2. The Morgan fingerprint density at radius 1 is 1.11 bits per heavy atom. The van der Waals surface area contributed by atoms with E-state index in [9.17, 15) is 9.59 Å². The van der Waals surface area contributed by atoms with E-state index in [4.69, 9.17) is 0 Å². The van der Waals surface area contributed by atoms with Crippen LogP contribution in [0.25, 0.3) is 0 Å². The topological polar surface area (TPSA) is 54.2 Å². The summed E-state index contributed by atoms with van der Waals surface area (Å²) in [7, 11) is 0. The lowest BCUT2D eigenvalue weighted by Crippen LogP contribution is -3.13. The lowest BCUT2D eigenvalue weighted by Gasteiger charge is -2.31. The third-order valence-electron chi connectivity index (χ3n) is 5.89. The van der Waals surface area contributed by atoms with Crippen molar-refractivity contribution in [3.8, 4) is 0 Å². The van der Waals surface area contributed by atoms with E-state index in [0.717, 1.165) is 18.7 Å². The number of imide groups is 1. The molecule has 4 rings (SSSR count). The second-order valence-corrected chi connectivity index (χ2v) is 7.49. The molecule has 2 unspecified atom stereocenters. The number of carbonyl (C=O) groups excluding carboxylic acids is 2. The van der Waals surface area contributed by atoms with Crippen LogP contribution in [0.1, 0.15) is 41.6 Å². The second-order valence-electron chi connectivity index (χ2n) is 7.49. The van der Waals surface area contributed by atoms with Gasteiger partial charge in [0.05, 0.1) is 31.2 Å². The Balaban J connectivity index is 1.63. The summed E-state index contributed by atoms with van der Waals surface area (Å²) in [6.07, 6.45) is 4.18. The number of likely N-dealkylation sites (N-methyl/N-ethyl adjacent to an activating group) is 1. The van der Waals surface area contributed by atoms with Gasteiger partial charge in [0.15, 0.2) is 0 Å². The van der Waals surface area contributed by atoms with E-state index in [-0.39, 0.29) is 11.8 Å². The van der Waals surface area contributed by atoms with Gasteiger partial charge in [-0.05, 0) is 30.7 Å². The summed E-state index contributed by atoms with van der Waals surface area (Å²) < 4.78 is 0. The number of nitrogens with zero attached hydrogens (tertiary/aromatic N) is 2. The molecular formula is C23H26N3O2+. The molecule has 1 saturated heterocycles. The summed E-state index contributed by atoms with van der Waals surface area (Å²) >= 11 is 0. The molecule has 2 amide bonds. The first kappa shape index (κ1) is 18.6. The van der Waals surface area contributed by atoms with Crippen LogP contribution in [0.15, 0.2) is 59.6 Å². The van der Waals surface area contributed by atoms with Crippen LogP contribution in [0.2, 0.25) is 0 Å². The van der Waals surface area contributed by atoms with Gasteiger partial charge in [0.1, 0.15) is 6.04 Å². The largest absolute Gasteiger partial charge is 0.331 e. The van der Waals surface area contributed by atoms with E-state index < -0.39 is 5.92 Å². The molecule has 28 heavy (non-hydrogen) atoms. The molecule has 5 nitrogen and oxygen atoms in total. The van der Waals surface area contributed by atoms with Crippen molar-refractivity contribution in [2.24, 2.45) is 4.99 Å². The summed E-state index contributed by atoms with van der Waals surface area (Å²) in [6.45, 7) is 5.26. The maximum atomic E-state index is 13.3. The van der Waals surface area contributed by atoms with E-state index in [1.807, 2.05) is 36.4 Å². The molecule has 2 aliphatic rings. The summed E-state index contributed by atoms with van der Waals surface area (Å²) in [5, 5.41) is 0. The van der Waals surface area contributed by atoms with Gasteiger partial charge < -0.3 is 4.90 Å². The molecule has 2 heterocycles. The molecule has 2 aromatic carbocycles. The van der Waals surface area contributed by atoms with Gasteiger partial charge in [0.25, 0.3) is 5.91 Å². The minimum absolute atomic E-state index is 0.232. The second kappa shape index (κ2) is 8.07. The zero-order chi connectivity index (χ0) is 19.5. The maximum Gasteiger partial charge on any atom is 0.265 e. The van der Waals surface area contributed by atoms with Crippen molar-refractivity contribution in [1.29, 1.82) is 0 Å². The molecule has 0 spiro atoms. The summed E-state index contributed by atoms with van der Waals surface area (Å²) in [5.74, 6) is -1.03. The zero-order valence-electron chi connectivity index (χ0n) is 16.2. The van der Waals surface area contributed by atoms with E-state index in [0.29, 0.717) is 17.3 Å². The van der Waals surface area contributed by atoms with Crippen LogP contribution in [0.4, 0.5) is 5.69 Å². The number of amides is 2. The highest BCUT2D eigenvalue weighted by Gasteiger charge is 2.38. The Morgan fingerprint density at radius 2 is 1.86 bits per heavy atom. The highest BCUT2D eigenvalue weighted by Crippen LogP contribution is 2.31. The molecule has 0 radical (unpaired) electrons. The normalized spacial score (nSPS) is 24.8. The van der Waals surface area contributed by atoms with Crippen molar-refractivity contribution in [2.75, 3.05) is 24.5 Å². The van der Waals surface area contributed by atoms with E-state index >= 15 is 0 Å². The Morgan fingerprint density at radius 3 is 2.64 bits per heavy atom. The fourth-order valence-corrected chi connectivity index (χ4v) is 4.38. The molecule has 1 N–H and O–H groups in total. The number of benzene rings is 2. The molecule has 0 saturated carbocycles. The fourth-order valence-electron chi connectivity index (χ4n) is 4.38. The fraction of sp³-hybridized carbons (Fsp3) is 0.348. The quantitative estimate of drug-likeness (QED) is 0.642. The number of carbonyl (C=O) groups is 2. The average molecular weight is 376 g/mol. The number of hydrogen-bond donors (Lipinski definition) is 1.